The van der Waals surface area contributed by atoms with E-state index in [0.29, 0.717) is 30.3 Å². The van der Waals surface area contributed by atoms with Gasteiger partial charge in [0.25, 0.3) is 5.91 Å². The summed E-state index contributed by atoms with van der Waals surface area (Å²) in [6.45, 7) is 2.81. The Morgan fingerprint density at radius 3 is 2.16 bits per heavy atom. The van der Waals surface area contributed by atoms with Gasteiger partial charge in [-0.2, -0.15) is 4.31 Å². The highest BCUT2D eigenvalue weighted by Crippen LogP contribution is 2.31. The van der Waals surface area contributed by atoms with E-state index in [1.54, 1.807) is 26.4 Å². The average Bonchev–Trinajstić information content (AvgIpc) is 3.33. The molecule has 0 radical (unpaired) electrons. The second-order valence-corrected chi connectivity index (χ2v) is 9.22. The zero-order valence-corrected chi connectivity index (χ0v) is 19.0. The fraction of sp³-hybridized carbons (Fsp3) is 0.409. The largest absolute Gasteiger partial charge is 0.496 e. The molecule has 2 aromatic carbocycles. The number of rotatable bonds is 8. The minimum Gasteiger partial charge on any atom is -0.496 e. The van der Waals surface area contributed by atoms with Crippen LogP contribution in [0.4, 0.5) is 0 Å². The molecular weight excluding hydrogens is 420 g/mol. The minimum absolute atomic E-state index is 0.0825. The Labute approximate surface area is 183 Å². The van der Waals surface area contributed by atoms with Crippen molar-refractivity contribution in [2.45, 2.75) is 30.7 Å². The number of methoxy groups -OCH3 is 3. The minimum atomic E-state index is -3.65. The number of carbonyl (C=O) groups excluding carboxylic acids is 1. The van der Waals surface area contributed by atoms with Gasteiger partial charge in [-0.25, -0.2) is 8.42 Å². The Balaban J connectivity index is 1.87. The van der Waals surface area contributed by atoms with Crippen molar-refractivity contribution in [3.8, 4) is 17.2 Å². The maximum atomic E-state index is 13.0. The molecule has 1 atom stereocenters. The first kappa shape index (κ1) is 22.9. The maximum Gasteiger partial charge on any atom is 0.255 e. The first-order valence-electron chi connectivity index (χ1n) is 10.0. The van der Waals surface area contributed by atoms with E-state index in [2.05, 4.69) is 5.32 Å². The van der Waals surface area contributed by atoms with Crippen LogP contribution in [0.5, 0.6) is 17.2 Å². The lowest BCUT2D eigenvalue weighted by Crippen LogP contribution is -2.29. The number of hydrogen-bond acceptors (Lipinski definition) is 6. The molecule has 0 aliphatic carbocycles. The fourth-order valence-corrected chi connectivity index (χ4v) is 5.13. The van der Waals surface area contributed by atoms with Crippen LogP contribution in [0.25, 0.3) is 0 Å². The topological polar surface area (TPSA) is 94.2 Å². The van der Waals surface area contributed by atoms with Gasteiger partial charge < -0.3 is 19.5 Å². The first-order chi connectivity index (χ1) is 14.8. The van der Waals surface area contributed by atoms with Crippen molar-refractivity contribution in [3.63, 3.8) is 0 Å². The molecule has 2 aromatic rings. The van der Waals surface area contributed by atoms with Crippen LogP contribution in [0, 0.1) is 0 Å². The van der Waals surface area contributed by atoms with Crippen molar-refractivity contribution >= 4 is 15.9 Å². The number of carbonyl (C=O) groups is 1. The van der Waals surface area contributed by atoms with Crippen molar-refractivity contribution in [2.75, 3.05) is 34.4 Å². The van der Waals surface area contributed by atoms with Crippen LogP contribution >= 0.6 is 0 Å². The Morgan fingerprint density at radius 1 is 0.935 bits per heavy atom. The predicted molar refractivity (Wildman–Crippen MR) is 116 cm³/mol. The molecule has 0 saturated carbocycles. The number of sulfonamides is 1. The Bertz CT molecular complexity index is 1050. The molecule has 0 aromatic heterocycles. The van der Waals surface area contributed by atoms with Crippen LogP contribution in [0.1, 0.15) is 41.7 Å². The average molecular weight is 449 g/mol. The van der Waals surface area contributed by atoms with E-state index in [4.69, 9.17) is 14.2 Å². The second kappa shape index (κ2) is 9.57. The zero-order chi connectivity index (χ0) is 22.6. The number of hydrogen-bond donors (Lipinski definition) is 1. The van der Waals surface area contributed by atoms with E-state index in [-0.39, 0.29) is 16.5 Å². The molecule has 3 rings (SSSR count). The molecule has 9 heteroatoms. The maximum absolute atomic E-state index is 13.0. The molecule has 31 heavy (non-hydrogen) atoms. The lowest BCUT2D eigenvalue weighted by atomic mass is 10.1. The molecule has 1 fully saturated rings. The van der Waals surface area contributed by atoms with Crippen molar-refractivity contribution < 1.29 is 27.4 Å². The predicted octanol–water partition coefficient (Wildman–Crippen LogP) is 2.99. The van der Waals surface area contributed by atoms with Gasteiger partial charge >= 0.3 is 0 Å². The summed E-state index contributed by atoms with van der Waals surface area (Å²) in [5.41, 5.74) is 0.973. The number of benzene rings is 2. The molecule has 0 unspecified atom stereocenters. The fourth-order valence-electron chi connectivity index (χ4n) is 3.58. The highest BCUT2D eigenvalue weighted by atomic mass is 32.2. The van der Waals surface area contributed by atoms with Gasteiger partial charge in [-0.05, 0) is 55.7 Å². The lowest BCUT2D eigenvalue weighted by molar-refractivity contribution is 0.0936. The summed E-state index contributed by atoms with van der Waals surface area (Å²) in [4.78, 5) is 13.1. The standard InChI is InChI=1S/C22H28N2O6S/c1-15(16-7-9-20(29-3)21(13-16)30-4)23-22(25)18-14-17(8-10-19(18)28-2)31(26,27)24-11-5-6-12-24/h7-10,13-15H,5-6,11-12H2,1-4H3,(H,23,25)/t15-/m0/s1. The molecule has 1 aliphatic rings. The number of nitrogens with zero attached hydrogens (tertiary/aromatic N) is 1. The summed E-state index contributed by atoms with van der Waals surface area (Å²) in [5, 5.41) is 2.90. The normalized spacial score (nSPS) is 15.4. The molecular formula is C22H28N2O6S. The van der Waals surface area contributed by atoms with Crippen molar-refractivity contribution in [3.05, 3.63) is 47.5 Å². The molecule has 168 valence electrons. The van der Waals surface area contributed by atoms with Crippen LogP contribution in [-0.4, -0.2) is 53.0 Å². The van der Waals surface area contributed by atoms with E-state index in [0.717, 1.165) is 18.4 Å². The van der Waals surface area contributed by atoms with Crippen LogP contribution in [-0.2, 0) is 10.0 Å². The summed E-state index contributed by atoms with van der Waals surface area (Å²) in [6, 6.07) is 9.38. The molecule has 8 nitrogen and oxygen atoms in total. The van der Waals surface area contributed by atoms with Gasteiger partial charge in [0.1, 0.15) is 5.75 Å². The third kappa shape index (κ3) is 4.77. The lowest BCUT2D eigenvalue weighted by Gasteiger charge is -2.19. The zero-order valence-electron chi connectivity index (χ0n) is 18.2. The number of nitrogens with one attached hydrogen (secondary N) is 1. The number of ether oxygens (including phenoxy) is 3. The smallest absolute Gasteiger partial charge is 0.255 e. The van der Waals surface area contributed by atoms with Crippen molar-refractivity contribution in [2.24, 2.45) is 0 Å². The molecule has 0 bridgehead atoms. The number of amides is 1. The summed E-state index contributed by atoms with van der Waals surface area (Å²) < 4.78 is 43.2. The Kier molecular flexibility index (Phi) is 7.07. The third-order valence-corrected chi connectivity index (χ3v) is 7.27. The van der Waals surface area contributed by atoms with Crippen LogP contribution in [0.15, 0.2) is 41.3 Å². The highest BCUT2D eigenvalue weighted by molar-refractivity contribution is 7.89. The summed E-state index contributed by atoms with van der Waals surface area (Å²) in [6.07, 6.45) is 1.68. The SMILES string of the molecule is COc1ccc([C@H](C)NC(=O)c2cc(S(=O)(=O)N3CCCC3)ccc2OC)cc1OC. The van der Waals surface area contributed by atoms with E-state index in [9.17, 15) is 13.2 Å². The Hall–Kier alpha value is -2.78. The van der Waals surface area contributed by atoms with Crippen molar-refractivity contribution in [1.82, 2.24) is 9.62 Å². The van der Waals surface area contributed by atoms with Crippen molar-refractivity contribution in [1.29, 1.82) is 0 Å². The van der Waals surface area contributed by atoms with Gasteiger partial charge in [-0.1, -0.05) is 6.07 Å². The second-order valence-electron chi connectivity index (χ2n) is 7.28. The van der Waals surface area contributed by atoms with Gasteiger partial charge in [0.2, 0.25) is 10.0 Å². The molecule has 1 aliphatic heterocycles. The summed E-state index contributed by atoms with van der Waals surface area (Å²) in [7, 11) is 0.891. The van der Waals surface area contributed by atoms with Crippen LogP contribution < -0.4 is 19.5 Å². The third-order valence-electron chi connectivity index (χ3n) is 5.37. The van der Waals surface area contributed by atoms with E-state index >= 15 is 0 Å². The van der Waals surface area contributed by atoms with Gasteiger partial charge in [-0.15, -0.1) is 0 Å². The highest BCUT2D eigenvalue weighted by Gasteiger charge is 2.29. The quantitative estimate of drug-likeness (QED) is 0.667. The molecule has 1 saturated heterocycles. The summed E-state index contributed by atoms with van der Waals surface area (Å²) in [5.74, 6) is 1.01. The van der Waals surface area contributed by atoms with Crippen LogP contribution in [0.3, 0.4) is 0 Å². The monoisotopic (exact) mass is 448 g/mol. The van der Waals surface area contributed by atoms with Gasteiger partial charge in [0.05, 0.1) is 37.8 Å². The van der Waals surface area contributed by atoms with Crippen LogP contribution in [0.2, 0.25) is 0 Å². The van der Waals surface area contributed by atoms with E-state index in [1.807, 2.05) is 13.0 Å². The van der Waals surface area contributed by atoms with E-state index in [1.165, 1.54) is 29.6 Å². The Morgan fingerprint density at radius 2 is 1.55 bits per heavy atom. The molecule has 1 N–H and O–H groups in total. The molecule has 1 heterocycles. The molecule has 0 spiro atoms. The summed E-state index contributed by atoms with van der Waals surface area (Å²) >= 11 is 0. The first-order valence-corrected chi connectivity index (χ1v) is 11.5. The molecule has 1 amide bonds. The van der Waals surface area contributed by atoms with Gasteiger partial charge in [0, 0.05) is 13.1 Å². The van der Waals surface area contributed by atoms with Gasteiger partial charge in [0.15, 0.2) is 11.5 Å². The van der Waals surface area contributed by atoms with E-state index < -0.39 is 15.9 Å². The van der Waals surface area contributed by atoms with Gasteiger partial charge in [-0.3, -0.25) is 4.79 Å².